The van der Waals surface area contributed by atoms with Gasteiger partial charge in [0.15, 0.2) is 5.76 Å². The first-order chi connectivity index (χ1) is 11.5. The molecule has 1 N–H and O–H groups in total. The van der Waals surface area contributed by atoms with E-state index < -0.39 is 0 Å². The van der Waals surface area contributed by atoms with E-state index >= 15 is 0 Å². The number of hydrogen-bond acceptors (Lipinski definition) is 4. The first-order valence-electron chi connectivity index (χ1n) is 7.30. The summed E-state index contributed by atoms with van der Waals surface area (Å²) in [6.07, 6.45) is 1.59. The van der Waals surface area contributed by atoms with Crippen molar-refractivity contribution in [3.8, 4) is 5.75 Å². The number of rotatable bonds is 5. The Morgan fingerprint density at radius 3 is 2.83 bits per heavy atom. The molecule has 0 atom stereocenters. The Kier molecular flexibility index (Phi) is 4.57. The molecule has 3 aromatic rings. The van der Waals surface area contributed by atoms with E-state index in [0.29, 0.717) is 22.2 Å². The van der Waals surface area contributed by atoms with Gasteiger partial charge in [0, 0.05) is 7.05 Å². The maximum atomic E-state index is 12.2. The van der Waals surface area contributed by atoms with Crippen LogP contribution in [0.1, 0.15) is 22.0 Å². The van der Waals surface area contributed by atoms with Gasteiger partial charge in [-0.05, 0) is 31.2 Å². The Bertz CT molecular complexity index is 870. The zero-order valence-corrected chi connectivity index (χ0v) is 14.0. The minimum Gasteiger partial charge on any atom is -0.484 e. The third-order valence-corrected chi connectivity index (χ3v) is 3.89. The smallest absolute Gasteiger partial charge is 0.291 e. The van der Waals surface area contributed by atoms with Gasteiger partial charge in [0.2, 0.25) is 0 Å². The van der Waals surface area contributed by atoms with Crippen LogP contribution in [0.5, 0.6) is 5.75 Å². The lowest BCUT2D eigenvalue weighted by Gasteiger charge is -2.05. The summed E-state index contributed by atoms with van der Waals surface area (Å²) < 4.78 is 12.8. The van der Waals surface area contributed by atoms with Gasteiger partial charge in [-0.1, -0.05) is 23.7 Å². The number of amides is 1. The van der Waals surface area contributed by atoms with Crippen LogP contribution in [-0.2, 0) is 13.7 Å². The molecule has 0 saturated carbocycles. The molecular weight excluding hydrogens is 330 g/mol. The second-order valence-electron chi connectivity index (χ2n) is 5.21. The lowest BCUT2D eigenvalue weighted by atomic mass is 10.3. The summed E-state index contributed by atoms with van der Waals surface area (Å²) in [4.78, 5) is 12.2. The van der Waals surface area contributed by atoms with E-state index in [1.807, 2.05) is 26.1 Å². The number of carbonyl (C=O) groups is 1. The number of aromatic nitrogens is 2. The fourth-order valence-electron chi connectivity index (χ4n) is 2.09. The maximum Gasteiger partial charge on any atom is 0.291 e. The molecule has 1 amide bonds. The molecule has 2 heterocycles. The Labute approximate surface area is 144 Å². The largest absolute Gasteiger partial charge is 0.484 e. The Morgan fingerprint density at radius 2 is 2.12 bits per heavy atom. The summed E-state index contributed by atoms with van der Waals surface area (Å²) in [6, 6.07) is 10.5. The molecule has 2 aromatic heterocycles. The van der Waals surface area contributed by atoms with Crippen LogP contribution in [0, 0.1) is 6.92 Å². The van der Waals surface area contributed by atoms with Crippen LogP contribution in [-0.4, -0.2) is 15.7 Å². The van der Waals surface area contributed by atoms with Gasteiger partial charge >= 0.3 is 0 Å². The molecule has 0 saturated heterocycles. The summed E-state index contributed by atoms with van der Waals surface area (Å²) in [7, 11) is 1.81. The predicted molar refractivity (Wildman–Crippen MR) is 90.4 cm³/mol. The van der Waals surface area contributed by atoms with Crippen LogP contribution < -0.4 is 10.1 Å². The van der Waals surface area contributed by atoms with Crippen molar-refractivity contribution in [2.75, 3.05) is 5.32 Å². The molecule has 3 rings (SSSR count). The zero-order valence-electron chi connectivity index (χ0n) is 13.2. The summed E-state index contributed by atoms with van der Waals surface area (Å²) in [5.41, 5.74) is 1.50. The number of furan rings is 1. The predicted octanol–water partition coefficient (Wildman–Crippen LogP) is 3.81. The quantitative estimate of drug-likeness (QED) is 0.763. The highest BCUT2D eigenvalue weighted by molar-refractivity contribution is 6.32. The molecule has 0 aliphatic heterocycles. The van der Waals surface area contributed by atoms with Crippen LogP contribution in [0.3, 0.4) is 0 Å². The Balaban J connectivity index is 1.63. The van der Waals surface area contributed by atoms with Gasteiger partial charge in [-0.2, -0.15) is 5.10 Å². The first kappa shape index (κ1) is 16.1. The molecule has 0 bridgehead atoms. The molecule has 0 radical (unpaired) electrons. The highest BCUT2D eigenvalue weighted by Crippen LogP contribution is 2.24. The van der Waals surface area contributed by atoms with Crippen LogP contribution >= 0.6 is 11.6 Å². The molecule has 0 aliphatic rings. The van der Waals surface area contributed by atoms with E-state index in [1.165, 1.54) is 0 Å². The number of nitrogens with zero attached hydrogens (tertiary/aromatic N) is 2. The third-order valence-electron chi connectivity index (χ3n) is 3.58. The summed E-state index contributed by atoms with van der Waals surface area (Å²) in [6.45, 7) is 2.05. The zero-order chi connectivity index (χ0) is 17.1. The Hall–Kier alpha value is -2.73. The molecule has 1 aromatic carbocycles. The number of hydrogen-bond donors (Lipinski definition) is 1. The molecule has 24 heavy (non-hydrogen) atoms. The molecule has 0 aliphatic carbocycles. The van der Waals surface area contributed by atoms with Gasteiger partial charge in [-0.15, -0.1) is 0 Å². The number of para-hydroxylation sites is 1. The van der Waals surface area contributed by atoms with E-state index in [9.17, 15) is 4.79 Å². The maximum absolute atomic E-state index is 12.2. The molecule has 7 heteroatoms. The van der Waals surface area contributed by atoms with Crippen LogP contribution in [0.15, 0.2) is 47.0 Å². The van der Waals surface area contributed by atoms with Crippen molar-refractivity contribution >= 4 is 23.2 Å². The van der Waals surface area contributed by atoms with Crippen molar-refractivity contribution in [1.82, 2.24) is 9.78 Å². The fourth-order valence-corrected chi connectivity index (χ4v) is 2.28. The Morgan fingerprint density at radius 1 is 1.33 bits per heavy atom. The molecule has 6 nitrogen and oxygen atoms in total. The molecular formula is C17H16ClN3O3. The number of carbonyl (C=O) groups excluding carboxylic acids is 1. The highest BCUT2D eigenvalue weighted by Gasteiger charge is 2.14. The molecule has 0 fully saturated rings. The van der Waals surface area contributed by atoms with Crippen LogP contribution in [0.2, 0.25) is 5.02 Å². The topological polar surface area (TPSA) is 69.3 Å². The number of halogens is 1. The van der Waals surface area contributed by atoms with Crippen molar-refractivity contribution in [2.45, 2.75) is 13.5 Å². The van der Waals surface area contributed by atoms with Crippen molar-refractivity contribution in [3.05, 3.63) is 64.8 Å². The standard InChI is InChI=1S/C17H16ClN3O3/c1-11-14(9-19-21(11)2)20-17(22)16-8-7-12(24-16)10-23-15-6-4-3-5-13(15)18/h3-9H,10H2,1-2H3,(H,20,22). The van der Waals surface area contributed by atoms with Crippen LogP contribution in [0.4, 0.5) is 5.69 Å². The summed E-state index contributed by atoms with van der Waals surface area (Å²) in [5, 5.41) is 7.37. The minimum absolute atomic E-state index is 0.183. The average molecular weight is 346 g/mol. The molecule has 0 spiro atoms. The van der Waals surface area contributed by atoms with E-state index in [0.717, 1.165) is 5.69 Å². The van der Waals surface area contributed by atoms with Crippen molar-refractivity contribution in [2.24, 2.45) is 7.05 Å². The number of benzene rings is 1. The number of ether oxygens (including phenoxy) is 1. The number of aryl methyl sites for hydroxylation is 1. The number of anilines is 1. The normalized spacial score (nSPS) is 10.6. The first-order valence-corrected chi connectivity index (χ1v) is 7.68. The average Bonchev–Trinajstić information content (AvgIpc) is 3.16. The van der Waals surface area contributed by atoms with E-state index in [1.54, 1.807) is 35.1 Å². The van der Waals surface area contributed by atoms with Gasteiger partial charge in [0.05, 0.1) is 22.6 Å². The van der Waals surface area contributed by atoms with Crippen molar-refractivity contribution in [1.29, 1.82) is 0 Å². The second kappa shape index (κ2) is 6.80. The van der Waals surface area contributed by atoms with E-state index in [4.69, 9.17) is 20.8 Å². The lowest BCUT2D eigenvalue weighted by molar-refractivity contribution is 0.0992. The van der Waals surface area contributed by atoms with Crippen LogP contribution in [0.25, 0.3) is 0 Å². The van der Waals surface area contributed by atoms with Gasteiger partial charge in [0.25, 0.3) is 5.91 Å². The summed E-state index contributed by atoms with van der Waals surface area (Å²) in [5.74, 6) is 0.960. The SMILES string of the molecule is Cc1c(NC(=O)c2ccc(COc3ccccc3Cl)o2)cnn1C. The number of nitrogens with one attached hydrogen (secondary N) is 1. The van der Waals surface area contributed by atoms with Gasteiger partial charge in [-0.3, -0.25) is 9.48 Å². The third kappa shape index (κ3) is 3.44. The molecule has 0 unspecified atom stereocenters. The van der Waals surface area contributed by atoms with Crippen molar-refractivity contribution in [3.63, 3.8) is 0 Å². The monoisotopic (exact) mass is 345 g/mol. The van der Waals surface area contributed by atoms with Gasteiger partial charge in [-0.25, -0.2) is 0 Å². The molecule has 124 valence electrons. The van der Waals surface area contributed by atoms with E-state index in [2.05, 4.69) is 10.4 Å². The van der Waals surface area contributed by atoms with E-state index in [-0.39, 0.29) is 18.3 Å². The fraction of sp³-hybridized carbons (Fsp3) is 0.176. The minimum atomic E-state index is -0.338. The van der Waals surface area contributed by atoms with Crippen molar-refractivity contribution < 1.29 is 13.9 Å². The second-order valence-corrected chi connectivity index (χ2v) is 5.61. The van der Waals surface area contributed by atoms with Gasteiger partial charge in [0.1, 0.15) is 18.1 Å². The highest BCUT2D eigenvalue weighted by atomic mass is 35.5. The lowest BCUT2D eigenvalue weighted by Crippen LogP contribution is -2.11. The summed E-state index contributed by atoms with van der Waals surface area (Å²) >= 11 is 6.03. The van der Waals surface area contributed by atoms with Gasteiger partial charge < -0.3 is 14.5 Å².